The Labute approximate surface area is 120 Å². The second-order valence-corrected chi connectivity index (χ2v) is 6.18. The maximum absolute atomic E-state index is 10.3. The van der Waals surface area contributed by atoms with E-state index in [1.807, 2.05) is 0 Å². The molecule has 0 aromatic heterocycles. The molecule has 0 fully saturated rings. The molecule has 0 saturated heterocycles. The minimum atomic E-state index is -2.70. The van der Waals surface area contributed by atoms with Crippen molar-refractivity contribution in [2.75, 3.05) is 6.61 Å². The van der Waals surface area contributed by atoms with Crippen LogP contribution in [0.15, 0.2) is 0 Å². The summed E-state index contributed by atoms with van der Waals surface area (Å²) >= 11 is 0. The first-order valence-corrected chi connectivity index (χ1v) is 9.39. The molecule has 0 rings (SSSR count). The zero-order valence-corrected chi connectivity index (χ0v) is 13.7. The van der Waals surface area contributed by atoms with Crippen LogP contribution in [0.2, 0.25) is 0 Å². The van der Waals surface area contributed by atoms with Crippen molar-refractivity contribution in [1.82, 2.24) is 0 Å². The zero-order chi connectivity index (χ0) is 14.2. The van der Waals surface area contributed by atoms with Crippen LogP contribution in [0.25, 0.3) is 0 Å². The van der Waals surface area contributed by atoms with E-state index in [2.05, 4.69) is 11.4 Å². The Morgan fingerprint density at radius 1 is 0.737 bits per heavy atom. The predicted octanol–water partition coefficient (Wildman–Crippen LogP) is 5.48. The van der Waals surface area contributed by atoms with Crippen LogP contribution in [0.4, 0.5) is 0 Å². The van der Waals surface area contributed by atoms with Crippen molar-refractivity contribution >= 4 is 8.25 Å². The van der Waals surface area contributed by atoms with Crippen molar-refractivity contribution in [3.63, 3.8) is 0 Å². The van der Waals surface area contributed by atoms with E-state index < -0.39 is 8.25 Å². The van der Waals surface area contributed by atoms with Crippen LogP contribution in [0, 0.1) is 0 Å². The lowest BCUT2D eigenvalue weighted by molar-refractivity contribution is 0.273. The summed E-state index contributed by atoms with van der Waals surface area (Å²) in [6.07, 6.45) is 17.0. The minimum Gasteiger partial charge on any atom is -0.326 e. The molecule has 0 radical (unpaired) electrons. The lowest BCUT2D eigenvalue weighted by Gasteiger charge is -2.03. The largest absolute Gasteiger partial charge is 0.326 e. The van der Waals surface area contributed by atoms with Crippen molar-refractivity contribution in [3.05, 3.63) is 0 Å². The molecule has 3 nitrogen and oxygen atoms in total. The van der Waals surface area contributed by atoms with E-state index in [1.165, 1.54) is 70.6 Å². The zero-order valence-electron chi connectivity index (χ0n) is 12.7. The Kier molecular flexibility index (Phi) is 16.3. The minimum absolute atomic E-state index is 0.437. The maximum atomic E-state index is 10.3. The van der Waals surface area contributed by atoms with Gasteiger partial charge in [-0.1, -0.05) is 84.0 Å². The molecular weight excluding hydrogens is 259 g/mol. The third-order valence-corrected chi connectivity index (χ3v) is 3.92. The van der Waals surface area contributed by atoms with Crippen LogP contribution in [-0.2, 0) is 9.09 Å². The molecule has 116 valence electrons. The molecule has 0 aliphatic heterocycles. The van der Waals surface area contributed by atoms with E-state index in [1.54, 1.807) is 0 Å². The van der Waals surface area contributed by atoms with Crippen molar-refractivity contribution < 1.29 is 14.0 Å². The summed E-state index contributed by atoms with van der Waals surface area (Å²) in [7, 11) is -2.70. The molecule has 0 amide bonds. The second kappa shape index (κ2) is 16.2. The van der Waals surface area contributed by atoms with E-state index in [4.69, 9.17) is 4.89 Å². The first-order valence-electron chi connectivity index (χ1n) is 8.13. The maximum Gasteiger partial charge on any atom is 0.316 e. The lowest BCUT2D eigenvalue weighted by Crippen LogP contribution is -1.87. The molecule has 0 saturated carbocycles. The molecular formula is C15H33O3P. The summed E-state index contributed by atoms with van der Waals surface area (Å²) < 4.78 is 14.9. The topological polar surface area (TPSA) is 46.5 Å². The molecule has 0 spiro atoms. The Hall–Kier alpha value is 0.150. The van der Waals surface area contributed by atoms with Crippen molar-refractivity contribution in [1.29, 1.82) is 0 Å². The summed E-state index contributed by atoms with van der Waals surface area (Å²) in [4.78, 5) is 8.47. The first kappa shape index (κ1) is 19.1. The van der Waals surface area contributed by atoms with E-state index in [9.17, 15) is 4.57 Å². The lowest BCUT2D eigenvalue weighted by atomic mass is 10.0. The van der Waals surface area contributed by atoms with Gasteiger partial charge in [0.05, 0.1) is 6.61 Å². The molecule has 0 heterocycles. The Morgan fingerprint density at radius 2 is 1.11 bits per heavy atom. The van der Waals surface area contributed by atoms with Crippen LogP contribution in [0.3, 0.4) is 0 Å². The molecule has 1 atom stereocenters. The van der Waals surface area contributed by atoms with E-state index in [-0.39, 0.29) is 0 Å². The third-order valence-electron chi connectivity index (χ3n) is 3.47. The van der Waals surface area contributed by atoms with Crippen LogP contribution >= 0.6 is 8.25 Å². The molecule has 19 heavy (non-hydrogen) atoms. The van der Waals surface area contributed by atoms with Crippen LogP contribution < -0.4 is 0 Å². The van der Waals surface area contributed by atoms with Gasteiger partial charge in [0.15, 0.2) is 0 Å². The first-order chi connectivity index (χ1) is 9.27. The van der Waals surface area contributed by atoms with Crippen LogP contribution in [-0.4, -0.2) is 11.5 Å². The van der Waals surface area contributed by atoms with Crippen molar-refractivity contribution in [2.45, 2.75) is 90.4 Å². The smallest absolute Gasteiger partial charge is 0.316 e. The molecule has 0 aromatic carbocycles. The van der Waals surface area contributed by atoms with Gasteiger partial charge in [-0.05, 0) is 6.42 Å². The van der Waals surface area contributed by atoms with E-state index in [0.29, 0.717) is 6.61 Å². The number of hydrogen-bond acceptors (Lipinski definition) is 2. The fraction of sp³-hybridized carbons (Fsp3) is 1.00. The van der Waals surface area contributed by atoms with Gasteiger partial charge in [-0.3, -0.25) is 4.57 Å². The van der Waals surface area contributed by atoms with Crippen molar-refractivity contribution in [2.24, 2.45) is 0 Å². The van der Waals surface area contributed by atoms with Gasteiger partial charge < -0.3 is 9.42 Å². The number of rotatable bonds is 15. The van der Waals surface area contributed by atoms with Crippen molar-refractivity contribution in [3.8, 4) is 0 Å². The van der Waals surface area contributed by atoms with Gasteiger partial charge in [-0.15, -0.1) is 0 Å². The molecule has 0 aromatic rings. The summed E-state index contributed by atoms with van der Waals surface area (Å²) in [5.74, 6) is 0. The summed E-state index contributed by atoms with van der Waals surface area (Å²) in [6, 6.07) is 0. The SMILES string of the molecule is CCCCCCCCCCCCCCCO[PH](=O)O. The molecule has 0 aliphatic rings. The van der Waals surface area contributed by atoms with Gasteiger partial charge in [0.1, 0.15) is 0 Å². The van der Waals surface area contributed by atoms with Gasteiger partial charge in [-0.2, -0.15) is 0 Å². The van der Waals surface area contributed by atoms with Gasteiger partial charge in [0.25, 0.3) is 0 Å². The summed E-state index contributed by atoms with van der Waals surface area (Å²) in [6.45, 7) is 2.70. The quantitative estimate of drug-likeness (QED) is 0.321. The highest BCUT2D eigenvalue weighted by Crippen LogP contribution is 2.16. The highest BCUT2D eigenvalue weighted by atomic mass is 31.1. The van der Waals surface area contributed by atoms with E-state index in [0.717, 1.165) is 12.8 Å². The summed E-state index contributed by atoms with van der Waals surface area (Å²) in [5.41, 5.74) is 0. The standard InChI is InChI=1S/C15H33O3P/c1-2-3-4-5-6-7-8-9-10-11-12-13-14-15-18-19(16)17/h19H,2-15H2,1H3,(H,16,17). The van der Waals surface area contributed by atoms with Crippen LogP contribution in [0.1, 0.15) is 90.4 Å². The normalized spacial score (nSPS) is 12.7. The average Bonchev–Trinajstić information content (AvgIpc) is 2.39. The molecule has 0 aliphatic carbocycles. The highest BCUT2D eigenvalue weighted by Gasteiger charge is 1.95. The monoisotopic (exact) mass is 292 g/mol. The molecule has 4 heteroatoms. The Morgan fingerprint density at radius 3 is 1.47 bits per heavy atom. The fourth-order valence-corrected chi connectivity index (χ4v) is 2.60. The van der Waals surface area contributed by atoms with Gasteiger partial charge in [0, 0.05) is 0 Å². The van der Waals surface area contributed by atoms with Crippen LogP contribution in [0.5, 0.6) is 0 Å². The summed E-state index contributed by atoms with van der Waals surface area (Å²) in [5, 5.41) is 0. The van der Waals surface area contributed by atoms with Gasteiger partial charge in [0.2, 0.25) is 0 Å². The third kappa shape index (κ3) is 18.1. The predicted molar refractivity (Wildman–Crippen MR) is 82.9 cm³/mol. The highest BCUT2D eigenvalue weighted by molar-refractivity contribution is 7.32. The number of unbranched alkanes of at least 4 members (excludes halogenated alkanes) is 12. The molecule has 1 unspecified atom stereocenters. The van der Waals surface area contributed by atoms with Gasteiger partial charge in [-0.25, -0.2) is 0 Å². The Balaban J connectivity index is 2.93. The molecule has 1 N–H and O–H groups in total. The van der Waals surface area contributed by atoms with E-state index >= 15 is 0 Å². The fourth-order valence-electron chi connectivity index (χ4n) is 2.28. The van der Waals surface area contributed by atoms with Gasteiger partial charge >= 0.3 is 8.25 Å². The second-order valence-electron chi connectivity index (χ2n) is 5.36. The average molecular weight is 292 g/mol. The Bertz CT molecular complexity index is 198. The number of hydrogen-bond donors (Lipinski definition) is 1. The molecule has 0 bridgehead atoms.